The summed E-state index contributed by atoms with van der Waals surface area (Å²) in [6.45, 7) is 1.23. The van der Waals surface area contributed by atoms with Crippen LogP contribution in [0.5, 0.6) is 0 Å². The Morgan fingerprint density at radius 1 is 1.44 bits per heavy atom. The molecule has 98 valence electrons. The summed E-state index contributed by atoms with van der Waals surface area (Å²) >= 11 is 3.28. The number of hydrogen-bond acceptors (Lipinski definition) is 3. The van der Waals surface area contributed by atoms with Crippen molar-refractivity contribution in [2.75, 3.05) is 11.9 Å². The zero-order valence-electron chi connectivity index (χ0n) is 9.61. The van der Waals surface area contributed by atoms with Gasteiger partial charge in [-0.2, -0.15) is 0 Å². The quantitative estimate of drug-likeness (QED) is 0.673. The van der Waals surface area contributed by atoms with Gasteiger partial charge in [0.1, 0.15) is 0 Å². The van der Waals surface area contributed by atoms with E-state index in [-0.39, 0.29) is 0 Å². The maximum absolute atomic E-state index is 11.5. The van der Waals surface area contributed by atoms with E-state index in [4.69, 9.17) is 10.2 Å². The summed E-state index contributed by atoms with van der Waals surface area (Å²) in [5.41, 5.74) is 1.53. The molecule has 0 spiro atoms. The highest BCUT2D eigenvalue weighted by atomic mass is 79.9. The van der Waals surface area contributed by atoms with Gasteiger partial charge in [-0.1, -0.05) is 6.07 Å². The predicted molar refractivity (Wildman–Crippen MR) is 69.5 cm³/mol. The molecule has 0 fully saturated rings. The molecule has 0 aliphatic heterocycles. The molecule has 6 nitrogen and oxygen atoms in total. The van der Waals surface area contributed by atoms with Gasteiger partial charge in [0, 0.05) is 4.47 Å². The van der Waals surface area contributed by atoms with Gasteiger partial charge in [0.05, 0.1) is 12.3 Å². The highest BCUT2D eigenvalue weighted by Gasteiger charge is 2.18. The van der Waals surface area contributed by atoms with E-state index in [0.29, 0.717) is 10.2 Å². The predicted octanol–water partition coefficient (Wildman–Crippen LogP) is 1.32. The van der Waals surface area contributed by atoms with Gasteiger partial charge in [-0.3, -0.25) is 0 Å². The van der Waals surface area contributed by atoms with Crippen LogP contribution in [0.25, 0.3) is 0 Å². The minimum atomic E-state index is -1.32. The summed E-state index contributed by atoms with van der Waals surface area (Å²) < 4.78 is 0.688. The van der Waals surface area contributed by atoms with Gasteiger partial charge in [-0.25, -0.2) is 9.59 Å². The van der Waals surface area contributed by atoms with Crippen LogP contribution >= 0.6 is 15.9 Å². The fourth-order valence-electron chi connectivity index (χ4n) is 1.22. The van der Waals surface area contributed by atoms with Crippen LogP contribution in [0.4, 0.5) is 10.5 Å². The van der Waals surface area contributed by atoms with Crippen LogP contribution in [0.3, 0.4) is 0 Å². The fraction of sp³-hybridized carbons (Fsp3) is 0.273. The SMILES string of the molecule is Cc1ccc(NC(=O)NC(CO)C(=O)O)c(Br)c1. The standard InChI is InChI=1S/C11H13BrN2O4/c1-6-2-3-8(7(12)4-6)13-11(18)14-9(5-15)10(16)17/h2-4,9,15H,5H2,1H3,(H,16,17)(H2,13,14,18). The highest BCUT2D eigenvalue weighted by molar-refractivity contribution is 9.10. The van der Waals surface area contributed by atoms with Crippen molar-refractivity contribution < 1.29 is 19.8 Å². The molecule has 1 rings (SSSR count). The summed E-state index contributed by atoms with van der Waals surface area (Å²) in [7, 11) is 0. The van der Waals surface area contributed by atoms with Crippen LogP contribution in [0.1, 0.15) is 5.56 Å². The number of halogens is 1. The minimum Gasteiger partial charge on any atom is -0.480 e. The Labute approximate surface area is 112 Å². The molecule has 18 heavy (non-hydrogen) atoms. The number of carbonyl (C=O) groups excluding carboxylic acids is 1. The first-order valence-corrected chi connectivity index (χ1v) is 5.90. The second kappa shape index (κ2) is 6.36. The van der Waals surface area contributed by atoms with Crippen molar-refractivity contribution in [1.29, 1.82) is 0 Å². The highest BCUT2D eigenvalue weighted by Crippen LogP contribution is 2.23. The molecule has 0 saturated heterocycles. The lowest BCUT2D eigenvalue weighted by atomic mass is 10.2. The molecule has 1 atom stereocenters. The summed E-state index contributed by atoms with van der Waals surface area (Å²) in [5, 5.41) is 22.1. The maximum Gasteiger partial charge on any atom is 0.328 e. The van der Waals surface area contributed by atoms with E-state index in [1.165, 1.54) is 0 Å². The number of carboxylic acid groups (broad SMARTS) is 1. The molecule has 0 aromatic heterocycles. The van der Waals surface area contributed by atoms with Crippen LogP contribution < -0.4 is 10.6 Å². The number of nitrogens with one attached hydrogen (secondary N) is 2. The fourth-order valence-corrected chi connectivity index (χ4v) is 1.82. The molecule has 7 heteroatoms. The second-order valence-corrected chi connectivity index (χ2v) is 4.51. The first kappa shape index (κ1) is 14.5. The molecule has 0 heterocycles. The Hall–Kier alpha value is -1.60. The molecule has 1 aromatic rings. The van der Waals surface area contributed by atoms with E-state index < -0.39 is 24.6 Å². The number of aliphatic hydroxyl groups is 1. The van der Waals surface area contributed by atoms with Gasteiger partial charge >= 0.3 is 12.0 Å². The zero-order valence-corrected chi connectivity index (χ0v) is 11.2. The third-order valence-corrected chi connectivity index (χ3v) is 2.81. The van der Waals surface area contributed by atoms with Crippen molar-refractivity contribution in [2.45, 2.75) is 13.0 Å². The lowest BCUT2D eigenvalue weighted by Gasteiger charge is -2.13. The molecule has 0 aliphatic rings. The van der Waals surface area contributed by atoms with Gasteiger partial charge in [0.25, 0.3) is 0 Å². The molecular formula is C11H13BrN2O4. The molecule has 2 amide bonds. The second-order valence-electron chi connectivity index (χ2n) is 3.66. The van der Waals surface area contributed by atoms with Crippen molar-refractivity contribution in [3.8, 4) is 0 Å². The van der Waals surface area contributed by atoms with Crippen molar-refractivity contribution in [2.24, 2.45) is 0 Å². The third kappa shape index (κ3) is 4.01. The molecule has 4 N–H and O–H groups in total. The number of benzene rings is 1. The van der Waals surface area contributed by atoms with Crippen LogP contribution in [0.15, 0.2) is 22.7 Å². The first-order chi connectivity index (χ1) is 8.43. The Morgan fingerprint density at radius 3 is 2.61 bits per heavy atom. The Balaban J connectivity index is 2.67. The van der Waals surface area contributed by atoms with Crippen molar-refractivity contribution in [1.82, 2.24) is 5.32 Å². The average Bonchev–Trinajstić information content (AvgIpc) is 2.29. The van der Waals surface area contributed by atoms with E-state index in [2.05, 4.69) is 26.6 Å². The van der Waals surface area contributed by atoms with E-state index in [9.17, 15) is 9.59 Å². The number of aliphatic hydroxyl groups excluding tert-OH is 1. The van der Waals surface area contributed by atoms with E-state index >= 15 is 0 Å². The maximum atomic E-state index is 11.5. The lowest BCUT2D eigenvalue weighted by Crippen LogP contribution is -2.45. The smallest absolute Gasteiger partial charge is 0.328 e. The molecule has 1 unspecified atom stereocenters. The van der Waals surface area contributed by atoms with Gasteiger partial charge in [0.2, 0.25) is 0 Å². The number of anilines is 1. The Bertz CT molecular complexity index is 464. The van der Waals surface area contributed by atoms with E-state index in [0.717, 1.165) is 5.56 Å². The van der Waals surface area contributed by atoms with E-state index in [1.807, 2.05) is 13.0 Å². The molecule has 0 bridgehead atoms. The lowest BCUT2D eigenvalue weighted by molar-refractivity contribution is -0.140. The van der Waals surface area contributed by atoms with Crippen molar-refractivity contribution in [3.05, 3.63) is 28.2 Å². The number of rotatable bonds is 4. The number of carbonyl (C=O) groups is 2. The van der Waals surface area contributed by atoms with Crippen molar-refractivity contribution >= 4 is 33.6 Å². The van der Waals surface area contributed by atoms with Crippen LogP contribution in [0, 0.1) is 6.92 Å². The number of carboxylic acids is 1. The van der Waals surface area contributed by atoms with Crippen LogP contribution in [-0.4, -0.2) is 34.9 Å². The van der Waals surface area contributed by atoms with E-state index in [1.54, 1.807) is 12.1 Å². The molecule has 0 radical (unpaired) electrons. The molecule has 0 saturated carbocycles. The van der Waals surface area contributed by atoms with Crippen LogP contribution in [-0.2, 0) is 4.79 Å². The zero-order chi connectivity index (χ0) is 13.7. The summed E-state index contributed by atoms with van der Waals surface area (Å²) in [4.78, 5) is 22.1. The number of amides is 2. The summed E-state index contributed by atoms with van der Waals surface area (Å²) in [6, 6.07) is 3.29. The normalized spacial score (nSPS) is 11.7. The summed E-state index contributed by atoms with van der Waals surface area (Å²) in [6.07, 6.45) is 0. The molecular weight excluding hydrogens is 304 g/mol. The van der Waals surface area contributed by atoms with Gasteiger partial charge in [-0.15, -0.1) is 0 Å². The number of urea groups is 1. The summed E-state index contributed by atoms with van der Waals surface area (Å²) in [5.74, 6) is -1.30. The first-order valence-electron chi connectivity index (χ1n) is 5.11. The van der Waals surface area contributed by atoms with Crippen molar-refractivity contribution in [3.63, 3.8) is 0 Å². The molecule has 0 aliphatic carbocycles. The monoisotopic (exact) mass is 316 g/mol. The topological polar surface area (TPSA) is 98.7 Å². The Kier molecular flexibility index (Phi) is 5.11. The van der Waals surface area contributed by atoms with Gasteiger partial charge in [-0.05, 0) is 40.5 Å². The Morgan fingerprint density at radius 2 is 2.11 bits per heavy atom. The number of hydrogen-bond donors (Lipinski definition) is 4. The van der Waals surface area contributed by atoms with Crippen LogP contribution in [0.2, 0.25) is 0 Å². The van der Waals surface area contributed by atoms with Gasteiger partial charge < -0.3 is 20.8 Å². The third-order valence-electron chi connectivity index (χ3n) is 2.16. The largest absolute Gasteiger partial charge is 0.480 e. The number of aliphatic carboxylic acids is 1. The average molecular weight is 317 g/mol. The van der Waals surface area contributed by atoms with Gasteiger partial charge in [0.15, 0.2) is 6.04 Å². The molecule has 1 aromatic carbocycles. The minimum absolute atomic E-state index is 0.514. The number of aryl methyl sites for hydroxylation is 1.